The monoisotopic (exact) mass is 294 g/mol. The number of hydrogen-bond donors (Lipinski definition) is 0. The number of aryl methyl sites for hydroxylation is 1. The Balaban J connectivity index is 1.92. The van der Waals surface area contributed by atoms with E-state index >= 15 is 0 Å². The number of allylic oxidation sites excluding steroid dienone is 1. The predicted molar refractivity (Wildman–Crippen MR) is 100 cm³/mol. The van der Waals surface area contributed by atoms with Gasteiger partial charge in [-0.05, 0) is 47.6 Å². The van der Waals surface area contributed by atoms with Crippen molar-refractivity contribution in [2.45, 2.75) is 59.3 Å². The Labute approximate surface area is 136 Å². The van der Waals surface area contributed by atoms with Gasteiger partial charge in [0.1, 0.15) is 0 Å². The Kier molecular flexibility index (Phi) is 6.71. The van der Waals surface area contributed by atoms with Gasteiger partial charge in [-0.1, -0.05) is 88.1 Å². The average molecular weight is 294 g/mol. The van der Waals surface area contributed by atoms with Gasteiger partial charge in [-0.15, -0.1) is 0 Å². The molecule has 22 heavy (non-hydrogen) atoms. The van der Waals surface area contributed by atoms with E-state index in [1.165, 1.54) is 60.4 Å². The van der Waals surface area contributed by atoms with Crippen LogP contribution in [0, 0.1) is 12.8 Å². The van der Waals surface area contributed by atoms with Crippen LogP contribution in [0.3, 0.4) is 0 Å². The molecule has 0 amide bonds. The molecule has 0 heteroatoms. The zero-order chi connectivity index (χ0) is 15.8. The average Bonchev–Trinajstić information content (AvgIpc) is 2.54. The van der Waals surface area contributed by atoms with Crippen LogP contribution >= 0.6 is 0 Å². The van der Waals surface area contributed by atoms with Crippen LogP contribution in [0.15, 0.2) is 42.5 Å². The van der Waals surface area contributed by atoms with Gasteiger partial charge >= 0.3 is 0 Å². The van der Waals surface area contributed by atoms with Crippen LogP contribution in [0.1, 0.15) is 63.5 Å². The van der Waals surface area contributed by atoms with Gasteiger partial charge in [-0.3, -0.25) is 0 Å². The van der Waals surface area contributed by atoms with Crippen molar-refractivity contribution >= 4 is 16.8 Å². The summed E-state index contributed by atoms with van der Waals surface area (Å²) in [4.78, 5) is 0. The second kappa shape index (κ2) is 8.78. The van der Waals surface area contributed by atoms with E-state index in [0.29, 0.717) is 0 Å². The summed E-state index contributed by atoms with van der Waals surface area (Å²) in [6, 6.07) is 13.2. The molecular formula is C22H30. The molecule has 0 heterocycles. The van der Waals surface area contributed by atoms with Crippen LogP contribution in [0.5, 0.6) is 0 Å². The molecule has 0 fully saturated rings. The Morgan fingerprint density at radius 2 is 1.73 bits per heavy atom. The standard InChI is InChI=1S/C22H30/c1-4-5-6-11-18(2)12-7-8-13-20-17-16-19(3)21-14-9-10-15-22(20)21/h8-10,13-18H,4-7,11-12H2,1-3H3. The second-order valence-corrected chi connectivity index (χ2v) is 6.60. The Hall–Kier alpha value is -1.56. The van der Waals surface area contributed by atoms with Crippen LogP contribution < -0.4 is 0 Å². The molecule has 0 radical (unpaired) electrons. The van der Waals surface area contributed by atoms with Crippen molar-refractivity contribution < 1.29 is 0 Å². The van der Waals surface area contributed by atoms with Crippen LogP contribution in [-0.2, 0) is 0 Å². The molecule has 0 saturated carbocycles. The van der Waals surface area contributed by atoms with E-state index in [0.717, 1.165) is 5.92 Å². The van der Waals surface area contributed by atoms with E-state index in [4.69, 9.17) is 0 Å². The summed E-state index contributed by atoms with van der Waals surface area (Å²) >= 11 is 0. The zero-order valence-corrected chi connectivity index (χ0v) is 14.4. The van der Waals surface area contributed by atoms with Gasteiger partial charge in [0.25, 0.3) is 0 Å². The molecule has 0 spiro atoms. The zero-order valence-electron chi connectivity index (χ0n) is 14.4. The number of benzene rings is 2. The summed E-state index contributed by atoms with van der Waals surface area (Å²) in [5.41, 5.74) is 2.71. The summed E-state index contributed by atoms with van der Waals surface area (Å²) in [6.07, 6.45) is 12.6. The van der Waals surface area contributed by atoms with Gasteiger partial charge in [0.2, 0.25) is 0 Å². The van der Waals surface area contributed by atoms with Gasteiger partial charge in [0.05, 0.1) is 0 Å². The van der Waals surface area contributed by atoms with E-state index in [1.54, 1.807) is 0 Å². The molecule has 0 bridgehead atoms. The third kappa shape index (κ3) is 4.73. The first kappa shape index (κ1) is 16.8. The first-order valence-electron chi connectivity index (χ1n) is 8.87. The van der Waals surface area contributed by atoms with E-state index in [2.05, 4.69) is 69.3 Å². The molecule has 0 N–H and O–H groups in total. The highest BCUT2D eigenvalue weighted by Gasteiger charge is 2.02. The number of unbranched alkanes of at least 4 members (excludes halogenated alkanes) is 2. The van der Waals surface area contributed by atoms with Crippen molar-refractivity contribution in [3.8, 4) is 0 Å². The fraction of sp³-hybridized carbons (Fsp3) is 0.455. The van der Waals surface area contributed by atoms with Crippen molar-refractivity contribution in [3.63, 3.8) is 0 Å². The minimum atomic E-state index is 0.853. The van der Waals surface area contributed by atoms with Gasteiger partial charge in [-0.25, -0.2) is 0 Å². The number of fused-ring (bicyclic) bond motifs is 1. The minimum Gasteiger partial charge on any atom is -0.0839 e. The SMILES string of the molecule is CCCCCC(C)CCC=Cc1ccc(C)c2ccccc12. The van der Waals surface area contributed by atoms with Crippen LogP contribution in [-0.4, -0.2) is 0 Å². The molecule has 0 aliphatic heterocycles. The molecular weight excluding hydrogens is 264 g/mol. The van der Waals surface area contributed by atoms with E-state index in [1.807, 2.05) is 0 Å². The van der Waals surface area contributed by atoms with Gasteiger partial charge in [0.15, 0.2) is 0 Å². The fourth-order valence-electron chi connectivity index (χ4n) is 3.10. The topological polar surface area (TPSA) is 0 Å². The van der Waals surface area contributed by atoms with Crippen LogP contribution in [0.2, 0.25) is 0 Å². The maximum atomic E-state index is 2.39. The van der Waals surface area contributed by atoms with E-state index in [9.17, 15) is 0 Å². The Bertz CT molecular complexity index is 606. The maximum Gasteiger partial charge on any atom is -0.0109 e. The predicted octanol–water partition coefficient (Wildman–Crippen LogP) is 7.16. The Morgan fingerprint density at radius 1 is 0.955 bits per heavy atom. The number of rotatable bonds is 8. The Morgan fingerprint density at radius 3 is 2.50 bits per heavy atom. The lowest BCUT2D eigenvalue weighted by Gasteiger charge is -2.09. The first-order valence-corrected chi connectivity index (χ1v) is 8.87. The van der Waals surface area contributed by atoms with Gasteiger partial charge in [-0.2, -0.15) is 0 Å². The molecule has 1 unspecified atom stereocenters. The lowest BCUT2D eigenvalue weighted by molar-refractivity contribution is 0.468. The van der Waals surface area contributed by atoms with Gasteiger partial charge < -0.3 is 0 Å². The smallest absolute Gasteiger partial charge is 0.0109 e. The van der Waals surface area contributed by atoms with Crippen LogP contribution in [0.4, 0.5) is 0 Å². The first-order chi connectivity index (χ1) is 10.7. The van der Waals surface area contributed by atoms with Crippen molar-refractivity contribution in [1.82, 2.24) is 0 Å². The lowest BCUT2D eigenvalue weighted by Crippen LogP contribution is -1.93. The van der Waals surface area contributed by atoms with E-state index < -0.39 is 0 Å². The van der Waals surface area contributed by atoms with Crippen molar-refractivity contribution in [1.29, 1.82) is 0 Å². The lowest BCUT2D eigenvalue weighted by atomic mass is 9.97. The van der Waals surface area contributed by atoms with Crippen molar-refractivity contribution in [2.75, 3.05) is 0 Å². The highest BCUT2D eigenvalue weighted by molar-refractivity contribution is 5.92. The largest absolute Gasteiger partial charge is 0.0839 e. The summed E-state index contributed by atoms with van der Waals surface area (Å²) in [7, 11) is 0. The maximum absolute atomic E-state index is 2.39. The molecule has 118 valence electrons. The van der Waals surface area contributed by atoms with Crippen molar-refractivity contribution in [2.24, 2.45) is 5.92 Å². The molecule has 0 aliphatic rings. The summed E-state index contributed by atoms with van der Waals surface area (Å²) < 4.78 is 0. The van der Waals surface area contributed by atoms with Crippen LogP contribution in [0.25, 0.3) is 16.8 Å². The third-order valence-corrected chi connectivity index (χ3v) is 4.60. The molecule has 2 aromatic carbocycles. The molecule has 2 rings (SSSR count). The molecule has 0 saturated heterocycles. The van der Waals surface area contributed by atoms with Gasteiger partial charge in [0, 0.05) is 0 Å². The van der Waals surface area contributed by atoms with E-state index in [-0.39, 0.29) is 0 Å². The third-order valence-electron chi connectivity index (χ3n) is 4.60. The molecule has 2 aromatic rings. The molecule has 0 nitrogen and oxygen atoms in total. The van der Waals surface area contributed by atoms with Crippen molar-refractivity contribution in [3.05, 3.63) is 53.6 Å². The minimum absolute atomic E-state index is 0.853. The summed E-state index contributed by atoms with van der Waals surface area (Å²) in [5, 5.41) is 2.74. The summed E-state index contributed by atoms with van der Waals surface area (Å²) in [5.74, 6) is 0.853. The highest BCUT2D eigenvalue weighted by Crippen LogP contribution is 2.24. The molecule has 1 atom stereocenters. The molecule has 0 aliphatic carbocycles. The second-order valence-electron chi connectivity index (χ2n) is 6.60. The highest BCUT2D eigenvalue weighted by atomic mass is 14.1. The fourth-order valence-corrected chi connectivity index (χ4v) is 3.10. The number of hydrogen-bond acceptors (Lipinski definition) is 0. The summed E-state index contributed by atoms with van der Waals surface area (Å²) in [6.45, 7) is 6.86. The molecule has 0 aromatic heterocycles. The quantitative estimate of drug-likeness (QED) is 0.453. The normalized spacial score (nSPS) is 13.0.